The molecule has 1 amide bonds. The molecule has 0 aliphatic heterocycles. The molecule has 0 radical (unpaired) electrons. The Bertz CT molecular complexity index is 932. The number of alkyl halides is 6. The van der Waals surface area contributed by atoms with E-state index in [9.17, 15) is 36.2 Å². The fourth-order valence-corrected chi connectivity index (χ4v) is 6.92. The standard InChI is InChI=1S/C27H36F6N2O2/c1-24(2,37)25(10-9-21(14-25)35-22-17-5-3-6-18(22)8-4-7-17)23(36)34-15-16-11-19(26(28,29)30)13-20(12-16)27(31,32)33/h11-13,17-18,21-22,35,37H,3-10,14-15H2,1-2H3,(H,34,36)/t17?,18?,21-,22?,25-/m1/s1. The van der Waals surface area contributed by atoms with Crippen LogP contribution >= 0.6 is 0 Å². The number of hydrogen-bond acceptors (Lipinski definition) is 3. The van der Waals surface area contributed by atoms with E-state index in [1.807, 2.05) is 0 Å². The summed E-state index contributed by atoms with van der Waals surface area (Å²) >= 11 is 0. The van der Waals surface area contributed by atoms with Crippen LogP contribution in [-0.4, -0.2) is 28.7 Å². The minimum Gasteiger partial charge on any atom is -0.389 e. The highest BCUT2D eigenvalue weighted by Crippen LogP contribution is 2.48. The molecule has 3 N–H and O–H groups in total. The monoisotopic (exact) mass is 534 g/mol. The lowest BCUT2D eigenvalue weighted by Gasteiger charge is -2.45. The molecule has 3 saturated carbocycles. The van der Waals surface area contributed by atoms with Gasteiger partial charge in [-0.3, -0.25) is 4.79 Å². The molecule has 37 heavy (non-hydrogen) atoms. The predicted molar refractivity (Wildman–Crippen MR) is 126 cm³/mol. The Labute approximate surface area is 213 Å². The van der Waals surface area contributed by atoms with Crippen molar-refractivity contribution >= 4 is 5.91 Å². The Morgan fingerprint density at radius 3 is 1.89 bits per heavy atom. The Kier molecular flexibility index (Phi) is 7.67. The van der Waals surface area contributed by atoms with Gasteiger partial charge >= 0.3 is 12.4 Å². The zero-order valence-electron chi connectivity index (χ0n) is 21.2. The van der Waals surface area contributed by atoms with Gasteiger partial charge in [0.25, 0.3) is 0 Å². The molecule has 3 fully saturated rings. The van der Waals surface area contributed by atoms with Crippen LogP contribution in [0, 0.1) is 17.3 Å². The van der Waals surface area contributed by atoms with E-state index in [0.29, 0.717) is 49.3 Å². The largest absolute Gasteiger partial charge is 0.416 e. The summed E-state index contributed by atoms with van der Waals surface area (Å²) in [4.78, 5) is 13.4. The van der Waals surface area contributed by atoms with Gasteiger partial charge in [0.15, 0.2) is 0 Å². The maximum absolute atomic E-state index is 13.4. The van der Waals surface area contributed by atoms with Crippen molar-refractivity contribution in [1.29, 1.82) is 0 Å². The Hall–Kier alpha value is -1.81. The molecule has 1 aromatic carbocycles. The first kappa shape index (κ1) is 28.2. The second-order valence-corrected chi connectivity index (χ2v) is 11.8. The van der Waals surface area contributed by atoms with Crippen LogP contribution in [-0.2, 0) is 23.7 Å². The van der Waals surface area contributed by atoms with Crippen molar-refractivity contribution in [2.45, 2.75) is 108 Å². The highest BCUT2D eigenvalue weighted by atomic mass is 19.4. The van der Waals surface area contributed by atoms with Crippen LogP contribution < -0.4 is 10.6 Å². The molecule has 0 aromatic heterocycles. The van der Waals surface area contributed by atoms with Gasteiger partial charge in [0.05, 0.1) is 22.1 Å². The number of carbonyl (C=O) groups is 1. The normalized spacial score (nSPS) is 30.8. The van der Waals surface area contributed by atoms with Gasteiger partial charge in [0.2, 0.25) is 5.91 Å². The molecule has 1 aromatic rings. The van der Waals surface area contributed by atoms with E-state index in [0.717, 1.165) is 0 Å². The number of benzene rings is 1. The number of aliphatic hydroxyl groups is 1. The average Bonchev–Trinajstić information content (AvgIpc) is 3.21. The van der Waals surface area contributed by atoms with Crippen molar-refractivity contribution < 1.29 is 36.2 Å². The molecule has 4 rings (SSSR count). The molecule has 0 saturated heterocycles. The Balaban J connectivity index is 1.49. The van der Waals surface area contributed by atoms with E-state index < -0.39 is 46.9 Å². The van der Waals surface area contributed by atoms with Gasteiger partial charge in [0.1, 0.15) is 0 Å². The summed E-state index contributed by atoms with van der Waals surface area (Å²) in [5.41, 5.74) is -5.79. The van der Waals surface area contributed by atoms with Crippen molar-refractivity contribution in [1.82, 2.24) is 10.6 Å². The molecular weight excluding hydrogens is 498 g/mol. The highest BCUT2D eigenvalue weighted by molar-refractivity contribution is 5.84. The van der Waals surface area contributed by atoms with E-state index in [1.165, 1.54) is 52.4 Å². The summed E-state index contributed by atoms with van der Waals surface area (Å²) in [6.45, 7) is 2.57. The average molecular weight is 535 g/mol. The molecular formula is C27H36F6N2O2. The maximum Gasteiger partial charge on any atom is 0.416 e. The van der Waals surface area contributed by atoms with Crippen LogP contribution in [0.2, 0.25) is 0 Å². The first-order chi connectivity index (χ1) is 17.1. The number of rotatable bonds is 6. The minimum atomic E-state index is -4.96. The number of fused-ring (bicyclic) bond motifs is 2. The Morgan fingerprint density at radius 1 is 0.919 bits per heavy atom. The maximum atomic E-state index is 13.4. The third-order valence-electron chi connectivity index (χ3n) is 8.96. The highest BCUT2D eigenvalue weighted by Gasteiger charge is 2.55. The first-order valence-corrected chi connectivity index (χ1v) is 13.2. The van der Waals surface area contributed by atoms with Crippen LogP contribution in [0.15, 0.2) is 18.2 Å². The van der Waals surface area contributed by atoms with Gasteiger partial charge in [-0.1, -0.05) is 12.8 Å². The van der Waals surface area contributed by atoms with Gasteiger partial charge in [-0.15, -0.1) is 0 Å². The third kappa shape index (κ3) is 5.95. The van der Waals surface area contributed by atoms with Crippen molar-refractivity contribution in [2.24, 2.45) is 17.3 Å². The smallest absolute Gasteiger partial charge is 0.389 e. The summed E-state index contributed by atoms with van der Waals surface area (Å²) in [7, 11) is 0. The quantitative estimate of drug-likeness (QED) is 0.381. The van der Waals surface area contributed by atoms with E-state index in [2.05, 4.69) is 10.6 Å². The summed E-state index contributed by atoms with van der Waals surface area (Å²) < 4.78 is 79.3. The molecule has 0 heterocycles. The van der Waals surface area contributed by atoms with Crippen LogP contribution in [0.1, 0.15) is 88.3 Å². The molecule has 3 aliphatic rings. The van der Waals surface area contributed by atoms with Crippen molar-refractivity contribution in [3.8, 4) is 0 Å². The molecule has 208 valence electrons. The van der Waals surface area contributed by atoms with Crippen LogP contribution in [0.5, 0.6) is 0 Å². The topological polar surface area (TPSA) is 61.4 Å². The van der Waals surface area contributed by atoms with Crippen LogP contribution in [0.25, 0.3) is 0 Å². The fourth-order valence-electron chi connectivity index (χ4n) is 6.92. The van der Waals surface area contributed by atoms with E-state index in [-0.39, 0.29) is 17.7 Å². The number of amides is 1. The molecule has 4 nitrogen and oxygen atoms in total. The van der Waals surface area contributed by atoms with E-state index in [1.54, 1.807) is 0 Å². The summed E-state index contributed by atoms with van der Waals surface area (Å²) in [5, 5.41) is 17.4. The number of halogens is 6. The predicted octanol–water partition coefficient (Wildman–Crippen LogP) is 6.21. The molecule has 0 unspecified atom stereocenters. The van der Waals surface area contributed by atoms with Crippen LogP contribution in [0.4, 0.5) is 26.3 Å². The second kappa shape index (κ2) is 10.1. The number of nitrogens with one attached hydrogen (secondary N) is 2. The lowest BCUT2D eigenvalue weighted by atomic mass is 9.68. The molecule has 10 heteroatoms. The van der Waals surface area contributed by atoms with E-state index >= 15 is 0 Å². The van der Waals surface area contributed by atoms with Gasteiger partial charge in [-0.2, -0.15) is 26.3 Å². The number of carbonyl (C=O) groups excluding carboxylic acids is 1. The second-order valence-electron chi connectivity index (χ2n) is 11.8. The van der Waals surface area contributed by atoms with Crippen molar-refractivity contribution in [2.75, 3.05) is 0 Å². The Morgan fingerprint density at radius 2 is 1.43 bits per heavy atom. The van der Waals surface area contributed by atoms with Gasteiger partial charge < -0.3 is 15.7 Å². The van der Waals surface area contributed by atoms with Gasteiger partial charge in [0, 0.05) is 18.6 Å². The zero-order chi connectivity index (χ0) is 27.2. The molecule has 2 atom stereocenters. The number of hydrogen-bond donors (Lipinski definition) is 3. The lowest BCUT2D eigenvalue weighted by Crippen LogP contribution is -2.55. The summed E-state index contributed by atoms with van der Waals surface area (Å²) in [5.74, 6) is 0.670. The zero-order valence-corrected chi connectivity index (χ0v) is 21.2. The fraction of sp³-hybridized carbons (Fsp3) is 0.741. The van der Waals surface area contributed by atoms with Crippen molar-refractivity contribution in [3.05, 3.63) is 34.9 Å². The lowest BCUT2D eigenvalue weighted by molar-refractivity contribution is -0.146. The summed E-state index contributed by atoms with van der Waals surface area (Å²) in [6.07, 6.45) is -1.30. The molecule has 3 aliphatic carbocycles. The van der Waals surface area contributed by atoms with Crippen LogP contribution in [0.3, 0.4) is 0 Å². The van der Waals surface area contributed by atoms with Gasteiger partial charge in [-0.05, 0) is 94.4 Å². The molecule has 2 bridgehead atoms. The van der Waals surface area contributed by atoms with Crippen molar-refractivity contribution in [3.63, 3.8) is 0 Å². The third-order valence-corrected chi connectivity index (χ3v) is 8.96. The SMILES string of the molecule is CC(C)(O)[C@]1(C(=O)NCc2cc(C(F)(F)F)cc(C(F)(F)F)c2)CC[C@@H](NC2C3CCCC2CCC3)C1. The van der Waals surface area contributed by atoms with Gasteiger partial charge in [-0.25, -0.2) is 0 Å². The minimum absolute atomic E-state index is 0.00812. The van der Waals surface area contributed by atoms with E-state index in [4.69, 9.17) is 0 Å². The molecule has 0 spiro atoms. The summed E-state index contributed by atoms with van der Waals surface area (Å²) in [6, 6.07) is 1.70. The first-order valence-electron chi connectivity index (χ1n) is 13.2.